The first-order valence-electron chi connectivity index (χ1n) is 6.55. The number of anilines is 1. The van der Waals surface area contributed by atoms with E-state index >= 15 is 0 Å². The molecule has 0 radical (unpaired) electrons. The Kier molecular flexibility index (Phi) is 3.38. The number of aromatic nitrogens is 4. The minimum absolute atomic E-state index is 0.618. The highest BCUT2D eigenvalue weighted by Crippen LogP contribution is 2.34. The van der Waals surface area contributed by atoms with E-state index in [1.807, 2.05) is 10.7 Å². The van der Waals surface area contributed by atoms with E-state index in [1.54, 1.807) is 12.1 Å². The molecule has 5 nitrogen and oxygen atoms in total. The van der Waals surface area contributed by atoms with Crippen molar-refractivity contribution < 1.29 is 0 Å². The fourth-order valence-electron chi connectivity index (χ4n) is 2.20. The van der Waals surface area contributed by atoms with Gasteiger partial charge in [0.15, 0.2) is 5.82 Å². The first-order valence-corrected chi connectivity index (χ1v) is 6.93. The van der Waals surface area contributed by atoms with Gasteiger partial charge in [-0.05, 0) is 47.4 Å². The quantitative estimate of drug-likeness (QED) is 0.853. The van der Waals surface area contributed by atoms with Gasteiger partial charge in [0, 0.05) is 17.8 Å². The van der Waals surface area contributed by atoms with Gasteiger partial charge in [0.1, 0.15) is 0 Å². The average Bonchev–Trinajstić information content (AvgIpc) is 3.10. The summed E-state index contributed by atoms with van der Waals surface area (Å²) in [7, 11) is 0. The molecule has 1 aliphatic carbocycles. The molecule has 1 saturated carbocycles. The van der Waals surface area contributed by atoms with E-state index in [-0.39, 0.29) is 0 Å². The number of tetrazole rings is 1. The highest BCUT2D eigenvalue weighted by molar-refractivity contribution is 6.33. The molecule has 1 fully saturated rings. The van der Waals surface area contributed by atoms with Gasteiger partial charge < -0.3 is 5.73 Å². The van der Waals surface area contributed by atoms with Crippen LogP contribution in [0.2, 0.25) is 5.02 Å². The number of rotatable bonds is 5. The predicted molar refractivity (Wildman–Crippen MR) is 74.6 cm³/mol. The highest BCUT2D eigenvalue weighted by Gasteiger charge is 2.21. The minimum atomic E-state index is 0.618. The second-order valence-corrected chi connectivity index (χ2v) is 5.46. The Bertz CT molecular complexity index is 576. The highest BCUT2D eigenvalue weighted by atomic mass is 35.5. The third kappa shape index (κ3) is 2.87. The van der Waals surface area contributed by atoms with Gasteiger partial charge in [0.2, 0.25) is 0 Å². The summed E-state index contributed by atoms with van der Waals surface area (Å²) in [4.78, 5) is 0. The van der Waals surface area contributed by atoms with Crippen LogP contribution in [0.15, 0.2) is 18.2 Å². The molecule has 0 unspecified atom stereocenters. The summed E-state index contributed by atoms with van der Waals surface area (Å²) >= 11 is 6.19. The van der Waals surface area contributed by atoms with Crippen LogP contribution in [-0.2, 0) is 6.54 Å². The van der Waals surface area contributed by atoms with Crippen LogP contribution in [0.3, 0.4) is 0 Å². The molecule has 0 saturated heterocycles. The second-order valence-electron chi connectivity index (χ2n) is 5.05. The van der Waals surface area contributed by atoms with Crippen molar-refractivity contribution in [3.8, 4) is 11.4 Å². The molecule has 0 aliphatic heterocycles. The molecule has 3 rings (SSSR count). The lowest BCUT2D eigenvalue weighted by Crippen LogP contribution is -2.04. The minimum Gasteiger partial charge on any atom is -0.399 e. The van der Waals surface area contributed by atoms with Gasteiger partial charge >= 0.3 is 0 Å². The van der Waals surface area contributed by atoms with E-state index in [0.717, 1.165) is 24.4 Å². The molecular formula is C13H16ClN5. The number of halogens is 1. The Hall–Kier alpha value is -1.62. The third-order valence-corrected chi connectivity index (χ3v) is 3.77. The summed E-state index contributed by atoms with van der Waals surface area (Å²) in [5, 5.41) is 12.5. The van der Waals surface area contributed by atoms with Crippen molar-refractivity contribution >= 4 is 17.3 Å². The van der Waals surface area contributed by atoms with Crippen LogP contribution in [0.5, 0.6) is 0 Å². The largest absolute Gasteiger partial charge is 0.399 e. The Balaban J connectivity index is 1.79. The Morgan fingerprint density at radius 2 is 2.21 bits per heavy atom. The molecule has 6 heteroatoms. The fourth-order valence-corrected chi connectivity index (χ4v) is 2.40. The molecule has 1 aromatic carbocycles. The van der Waals surface area contributed by atoms with E-state index in [0.29, 0.717) is 16.5 Å². The van der Waals surface area contributed by atoms with Gasteiger partial charge in [-0.1, -0.05) is 24.4 Å². The van der Waals surface area contributed by atoms with Crippen molar-refractivity contribution in [2.75, 3.05) is 5.73 Å². The molecular weight excluding hydrogens is 262 g/mol. The average molecular weight is 278 g/mol. The van der Waals surface area contributed by atoms with Crippen molar-refractivity contribution in [2.45, 2.75) is 32.2 Å². The molecule has 1 heterocycles. The lowest BCUT2D eigenvalue weighted by molar-refractivity contribution is 0.527. The lowest BCUT2D eigenvalue weighted by Gasteiger charge is -2.06. The smallest absolute Gasteiger partial charge is 0.183 e. The zero-order chi connectivity index (χ0) is 13.2. The molecule has 19 heavy (non-hydrogen) atoms. The van der Waals surface area contributed by atoms with Crippen LogP contribution in [-0.4, -0.2) is 20.2 Å². The van der Waals surface area contributed by atoms with Crippen LogP contribution in [0.1, 0.15) is 25.7 Å². The standard InChI is InChI=1S/C13H16ClN5/c14-12-6-5-10(15)8-11(12)13-16-17-18-19(13)7-1-2-9-3-4-9/h5-6,8-9H,1-4,7,15H2. The van der Waals surface area contributed by atoms with E-state index in [9.17, 15) is 0 Å². The zero-order valence-electron chi connectivity index (χ0n) is 10.6. The Morgan fingerprint density at radius 3 is 3.00 bits per heavy atom. The third-order valence-electron chi connectivity index (χ3n) is 3.44. The van der Waals surface area contributed by atoms with E-state index < -0.39 is 0 Å². The molecule has 0 bridgehead atoms. The summed E-state index contributed by atoms with van der Waals surface area (Å²) in [6.07, 6.45) is 5.11. The molecule has 2 aromatic rings. The van der Waals surface area contributed by atoms with Gasteiger partial charge in [-0.15, -0.1) is 5.10 Å². The first kappa shape index (κ1) is 12.4. The van der Waals surface area contributed by atoms with Gasteiger partial charge in [0.25, 0.3) is 0 Å². The van der Waals surface area contributed by atoms with Crippen molar-refractivity contribution in [2.24, 2.45) is 5.92 Å². The summed E-state index contributed by atoms with van der Waals surface area (Å²) in [5.74, 6) is 1.61. The van der Waals surface area contributed by atoms with Gasteiger partial charge in [-0.2, -0.15) is 0 Å². The summed E-state index contributed by atoms with van der Waals surface area (Å²) in [6, 6.07) is 5.36. The molecule has 100 valence electrons. The van der Waals surface area contributed by atoms with Crippen LogP contribution < -0.4 is 5.73 Å². The van der Waals surface area contributed by atoms with Gasteiger partial charge in [-0.3, -0.25) is 0 Å². The number of hydrogen-bond acceptors (Lipinski definition) is 4. The maximum absolute atomic E-state index is 6.19. The Labute approximate surface area is 116 Å². The van der Waals surface area contributed by atoms with Crippen LogP contribution in [0, 0.1) is 5.92 Å². The van der Waals surface area contributed by atoms with Crippen LogP contribution in [0.25, 0.3) is 11.4 Å². The Morgan fingerprint density at radius 1 is 1.37 bits per heavy atom. The zero-order valence-corrected chi connectivity index (χ0v) is 11.3. The normalized spacial score (nSPS) is 14.8. The second kappa shape index (κ2) is 5.17. The van der Waals surface area contributed by atoms with Crippen molar-refractivity contribution in [1.29, 1.82) is 0 Å². The van der Waals surface area contributed by atoms with Crippen molar-refractivity contribution in [3.05, 3.63) is 23.2 Å². The van der Waals surface area contributed by atoms with Gasteiger partial charge in [0.05, 0.1) is 5.02 Å². The molecule has 0 amide bonds. The number of benzene rings is 1. The molecule has 0 atom stereocenters. The maximum atomic E-state index is 6.19. The lowest BCUT2D eigenvalue weighted by atomic mass is 10.2. The predicted octanol–water partition coefficient (Wildman–Crippen LogP) is 2.77. The molecule has 2 N–H and O–H groups in total. The number of nitrogen functional groups attached to an aromatic ring is 1. The number of hydrogen-bond donors (Lipinski definition) is 1. The van der Waals surface area contributed by atoms with Gasteiger partial charge in [-0.25, -0.2) is 4.68 Å². The SMILES string of the molecule is Nc1ccc(Cl)c(-c2nnnn2CCCC2CC2)c1. The number of nitrogens with zero attached hydrogens (tertiary/aromatic N) is 4. The molecule has 1 aliphatic rings. The first-order chi connectivity index (χ1) is 9.24. The van der Waals surface area contributed by atoms with Crippen molar-refractivity contribution in [3.63, 3.8) is 0 Å². The molecule has 1 aromatic heterocycles. The number of nitrogens with two attached hydrogens (primary N) is 1. The van der Waals surface area contributed by atoms with E-state index in [2.05, 4.69) is 15.5 Å². The number of aryl methyl sites for hydroxylation is 1. The monoisotopic (exact) mass is 277 g/mol. The fraction of sp³-hybridized carbons (Fsp3) is 0.462. The van der Waals surface area contributed by atoms with E-state index in [1.165, 1.54) is 19.3 Å². The van der Waals surface area contributed by atoms with Crippen LogP contribution in [0.4, 0.5) is 5.69 Å². The summed E-state index contributed by atoms with van der Waals surface area (Å²) < 4.78 is 1.81. The van der Waals surface area contributed by atoms with E-state index in [4.69, 9.17) is 17.3 Å². The topological polar surface area (TPSA) is 69.6 Å². The maximum Gasteiger partial charge on any atom is 0.183 e. The summed E-state index contributed by atoms with van der Waals surface area (Å²) in [5.41, 5.74) is 7.24. The summed E-state index contributed by atoms with van der Waals surface area (Å²) in [6.45, 7) is 0.823. The van der Waals surface area contributed by atoms with Crippen LogP contribution >= 0.6 is 11.6 Å². The molecule has 0 spiro atoms. The van der Waals surface area contributed by atoms with Crippen molar-refractivity contribution in [1.82, 2.24) is 20.2 Å².